The second-order valence-corrected chi connectivity index (χ2v) is 4.99. The van der Waals surface area contributed by atoms with Gasteiger partial charge >= 0.3 is 5.69 Å². The number of nitro groups is 1. The van der Waals surface area contributed by atoms with Crippen molar-refractivity contribution in [2.75, 3.05) is 14.2 Å². The highest BCUT2D eigenvalue weighted by Gasteiger charge is 2.32. The maximum Gasteiger partial charge on any atom is 0.327 e. The second kappa shape index (κ2) is 7.65. The van der Waals surface area contributed by atoms with E-state index in [1.165, 1.54) is 14.2 Å². The zero-order chi connectivity index (χ0) is 17.7. The number of rotatable bonds is 7. The molecule has 0 saturated heterocycles. The Kier molecular flexibility index (Phi) is 5.59. The number of methoxy groups -OCH3 is 2. The molecule has 126 valence electrons. The summed E-state index contributed by atoms with van der Waals surface area (Å²) in [5.41, 5.74) is -0.0504. The molecule has 0 aliphatic carbocycles. The third-order valence-corrected chi connectivity index (χ3v) is 3.42. The molecule has 0 unspecified atom stereocenters. The third-order valence-electron chi connectivity index (χ3n) is 3.22. The molecule has 0 aromatic heterocycles. The number of hydrogen-bond donors (Lipinski definition) is 0. The largest absolute Gasteiger partial charge is 0.493 e. The zero-order valence-electron chi connectivity index (χ0n) is 12.9. The van der Waals surface area contributed by atoms with E-state index in [2.05, 4.69) is 0 Å². The Morgan fingerprint density at radius 1 is 1.17 bits per heavy atom. The van der Waals surface area contributed by atoms with Crippen molar-refractivity contribution in [2.45, 2.75) is 6.61 Å². The van der Waals surface area contributed by atoms with E-state index in [-0.39, 0.29) is 29.4 Å². The molecule has 0 atom stereocenters. The molecule has 7 nitrogen and oxygen atoms in total. The van der Waals surface area contributed by atoms with Crippen LogP contribution in [0.3, 0.4) is 0 Å². The molecule has 0 aliphatic heterocycles. The van der Waals surface area contributed by atoms with Crippen molar-refractivity contribution < 1.29 is 23.9 Å². The van der Waals surface area contributed by atoms with Crippen LogP contribution >= 0.6 is 11.6 Å². The first kappa shape index (κ1) is 17.6. The minimum atomic E-state index is -0.993. The predicted molar refractivity (Wildman–Crippen MR) is 87.2 cm³/mol. The summed E-state index contributed by atoms with van der Waals surface area (Å²) in [7, 11) is 2.58. The highest BCUT2D eigenvalue weighted by atomic mass is 35.5. The molecule has 0 amide bonds. The highest BCUT2D eigenvalue weighted by molar-refractivity contribution is 6.68. The van der Waals surface area contributed by atoms with Crippen molar-refractivity contribution in [3.8, 4) is 17.2 Å². The van der Waals surface area contributed by atoms with Crippen LogP contribution in [0, 0.1) is 10.1 Å². The van der Waals surface area contributed by atoms with Crippen molar-refractivity contribution in [1.29, 1.82) is 0 Å². The van der Waals surface area contributed by atoms with Crippen molar-refractivity contribution >= 4 is 22.5 Å². The van der Waals surface area contributed by atoms with E-state index in [9.17, 15) is 14.9 Å². The van der Waals surface area contributed by atoms with E-state index < -0.39 is 15.9 Å². The predicted octanol–water partition coefficient (Wildman–Crippen LogP) is 3.57. The summed E-state index contributed by atoms with van der Waals surface area (Å²) >= 11 is 5.44. The van der Waals surface area contributed by atoms with Crippen LogP contribution in [0.5, 0.6) is 17.2 Å². The molecule has 0 fully saturated rings. The minimum absolute atomic E-state index is 0.0252. The van der Waals surface area contributed by atoms with Gasteiger partial charge in [0, 0.05) is 6.07 Å². The van der Waals surface area contributed by atoms with E-state index in [4.69, 9.17) is 25.8 Å². The van der Waals surface area contributed by atoms with Crippen molar-refractivity contribution in [2.24, 2.45) is 0 Å². The average molecular weight is 352 g/mol. The first-order valence-corrected chi connectivity index (χ1v) is 7.17. The quantitative estimate of drug-likeness (QED) is 0.430. The maximum atomic E-state index is 11.5. The van der Waals surface area contributed by atoms with Crippen LogP contribution in [0.15, 0.2) is 36.4 Å². The number of carbonyl (C=O) groups is 1. The lowest BCUT2D eigenvalue weighted by molar-refractivity contribution is -0.386. The van der Waals surface area contributed by atoms with Crippen molar-refractivity contribution in [3.05, 3.63) is 57.6 Å². The smallest absolute Gasteiger partial charge is 0.327 e. The highest BCUT2D eigenvalue weighted by Crippen LogP contribution is 2.47. The molecule has 2 aromatic rings. The third kappa shape index (κ3) is 3.57. The van der Waals surface area contributed by atoms with Gasteiger partial charge in [0.1, 0.15) is 12.2 Å². The molecular formula is C16H14ClNO6. The van der Waals surface area contributed by atoms with Crippen molar-refractivity contribution in [3.63, 3.8) is 0 Å². The lowest BCUT2D eigenvalue weighted by atomic mass is 10.1. The molecule has 0 N–H and O–H groups in total. The summed E-state index contributed by atoms with van der Waals surface area (Å²) in [6.07, 6.45) is 0. The first-order chi connectivity index (χ1) is 11.5. The molecule has 24 heavy (non-hydrogen) atoms. The summed E-state index contributed by atoms with van der Waals surface area (Å²) in [5, 5.41) is 10.4. The monoisotopic (exact) mass is 351 g/mol. The number of hydrogen-bond acceptors (Lipinski definition) is 6. The van der Waals surface area contributed by atoms with Crippen LogP contribution in [0.25, 0.3) is 0 Å². The Bertz CT molecular complexity index is 763. The van der Waals surface area contributed by atoms with Gasteiger partial charge in [-0.15, -0.1) is 0 Å². The minimum Gasteiger partial charge on any atom is -0.493 e. The second-order valence-electron chi connectivity index (χ2n) is 4.64. The van der Waals surface area contributed by atoms with Gasteiger partial charge in [0.2, 0.25) is 11.5 Å². The molecule has 0 spiro atoms. The molecule has 2 aromatic carbocycles. The lowest BCUT2D eigenvalue weighted by Crippen LogP contribution is -2.06. The van der Waals surface area contributed by atoms with Gasteiger partial charge in [-0.3, -0.25) is 14.9 Å². The van der Waals surface area contributed by atoms with Crippen LogP contribution < -0.4 is 14.2 Å². The first-order valence-electron chi connectivity index (χ1n) is 6.79. The van der Waals surface area contributed by atoms with Gasteiger partial charge in [0.25, 0.3) is 5.24 Å². The maximum absolute atomic E-state index is 11.5. The standard InChI is InChI=1S/C16H14ClNO6/c1-22-12-8-11(16(17)19)13(18(20)21)15(23-2)14(12)24-9-10-6-4-3-5-7-10/h3-8H,9H2,1-2H3. The number of carbonyl (C=O) groups excluding carboxylic acids is 1. The Morgan fingerprint density at radius 2 is 1.83 bits per heavy atom. The number of benzene rings is 2. The molecule has 0 aliphatic rings. The number of halogens is 1. The zero-order valence-corrected chi connectivity index (χ0v) is 13.7. The Labute approximate surface area is 142 Å². The lowest BCUT2D eigenvalue weighted by Gasteiger charge is -2.15. The van der Waals surface area contributed by atoms with Crippen LogP contribution in [0.2, 0.25) is 0 Å². The Hall–Kier alpha value is -2.80. The summed E-state index contributed by atoms with van der Waals surface area (Å²) < 4.78 is 15.9. The van der Waals surface area contributed by atoms with E-state index in [0.717, 1.165) is 11.6 Å². The average Bonchev–Trinajstić information content (AvgIpc) is 2.58. The number of nitro benzene ring substituents is 1. The SMILES string of the molecule is COc1cc(C(=O)Cl)c([N+](=O)[O-])c(OC)c1OCc1ccccc1. The fraction of sp³-hybridized carbons (Fsp3) is 0.188. The summed E-state index contributed by atoms with van der Waals surface area (Å²) in [5.74, 6) is -0.0890. The Balaban J connectivity index is 2.54. The van der Waals surface area contributed by atoms with Gasteiger partial charge in [0.05, 0.1) is 19.1 Å². The van der Waals surface area contributed by atoms with Crippen molar-refractivity contribution in [1.82, 2.24) is 0 Å². The van der Waals surface area contributed by atoms with Crippen LogP contribution in [0.4, 0.5) is 5.69 Å². The fourth-order valence-electron chi connectivity index (χ4n) is 2.15. The van der Waals surface area contributed by atoms with Gasteiger partial charge in [0.15, 0.2) is 5.75 Å². The van der Waals surface area contributed by atoms with E-state index in [1.807, 2.05) is 30.3 Å². The van der Waals surface area contributed by atoms with Gasteiger partial charge < -0.3 is 14.2 Å². The summed E-state index contributed by atoms with van der Waals surface area (Å²) in [6.45, 7) is 0.138. The van der Waals surface area contributed by atoms with Crippen LogP contribution in [0.1, 0.15) is 15.9 Å². The number of ether oxygens (including phenoxy) is 3. The van der Waals surface area contributed by atoms with Crippen LogP contribution in [-0.4, -0.2) is 24.4 Å². The van der Waals surface area contributed by atoms with Crippen LogP contribution in [-0.2, 0) is 6.61 Å². The fourth-order valence-corrected chi connectivity index (χ4v) is 2.29. The summed E-state index contributed by atoms with van der Waals surface area (Å²) in [4.78, 5) is 22.1. The molecule has 2 rings (SSSR count). The van der Waals surface area contributed by atoms with Gasteiger partial charge in [-0.1, -0.05) is 30.3 Å². The molecule has 0 heterocycles. The molecule has 0 bridgehead atoms. The van der Waals surface area contributed by atoms with Gasteiger partial charge in [-0.25, -0.2) is 0 Å². The molecular weight excluding hydrogens is 338 g/mol. The topological polar surface area (TPSA) is 87.9 Å². The molecule has 8 heteroatoms. The summed E-state index contributed by atoms with van der Waals surface area (Å²) in [6, 6.07) is 10.4. The normalized spacial score (nSPS) is 10.1. The van der Waals surface area contributed by atoms with E-state index in [1.54, 1.807) is 0 Å². The molecule has 0 radical (unpaired) electrons. The Morgan fingerprint density at radius 3 is 2.33 bits per heavy atom. The number of nitrogens with zero attached hydrogens (tertiary/aromatic N) is 1. The van der Waals surface area contributed by atoms with Gasteiger partial charge in [-0.05, 0) is 17.2 Å². The molecule has 0 saturated carbocycles. The van der Waals surface area contributed by atoms with E-state index in [0.29, 0.717) is 0 Å². The van der Waals surface area contributed by atoms with E-state index >= 15 is 0 Å². The van der Waals surface area contributed by atoms with Gasteiger partial charge in [-0.2, -0.15) is 0 Å².